The first kappa shape index (κ1) is 32.8. The van der Waals surface area contributed by atoms with Crippen molar-refractivity contribution < 1.29 is 0 Å². The van der Waals surface area contributed by atoms with Gasteiger partial charge in [0.15, 0.2) is 0 Å². The van der Waals surface area contributed by atoms with E-state index in [0.717, 1.165) is 33.9 Å². The van der Waals surface area contributed by atoms with Crippen LogP contribution in [0.4, 0.5) is 0 Å². The highest BCUT2D eigenvalue weighted by Gasteiger charge is 2.13. The van der Waals surface area contributed by atoms with Gasteiger partial charge < -0.3 is 0 Å². The first-order chi connectivity index (χ1) is 25.3. The molecule has 2 nitrogen and oxygen atoms in total. The van der Waals surface area contributed by atoms with Gasteiger partial charge in [0, 0.05) is 11.1 Å². The van der Waals surface area contributed by atoms with Crippen LogP contribution in [0.2, 0.25) is 0 Å². The molecule has 0 amide bonds. The van der Waals surface area contributed by atoms with E-state index in [9.17, 15) is 0 Å². The molecule has 52 heavy (non-hydrogen) atoms. The maximum Gasteiger partial charge on any atom is 0.0893 e. The molecule has 2 aromatic heterocycles. The maximum atomic E-state index is 5.23. The number of pyridine rings is 2. The van der Waals surface area contributed by atoms with Crippen LogP contribution < -0.4 is 0 Å². The predicted molar refractivity (Wildman–Crippen MR) is 219 cm³/mol. The van der Waals surface area contributed by atoms with Crippen LogP contribution in [0.1, 0.15) is 22.3 Å². The molecule has 0 atom stereocenters. The molecule has 0 N–H and O–H groups in total. The summed E-state index contributed by atoms with van der Waals surface area (Å²) in [7, 11) is 0. The topological polar surface area (TPSA) is 25.8 Å². The van der Waals surface area contributed by atoms with Crippen LogP contribution in [-0.4, -0.2) is 9.97 Å². The van der Waals surface area contributed by atoms with Gasteiger partial charge in [-0.3, -0.25) is 0 Å². The molecule has 0 bridgehead atoms. The van der Waals surface area contributed by atoms with Crippen molar-refractivity contribution in [2.24, 2.45) is 0 Å². The van der Waals surface area contributed by atoms with E-state index < -0.39 is 0 Å². The first-order valence-electron chi connectivity index (χ1n) is 17.9. The Bertz CT molecular complexity index is 2200. The highest BCUT2D eigenvalue weighted by molar-refractivity contribution is 5.83. The average molecular weight is 669 g/mol. The van der Waals surface area contributed by atoms with Gasteiger partial charge in [-0.15, -0.1) is 0 Å². The SMILES string of the molecule is Cc1ccc(-c2cc(-c3ccc(C)cc3)cc(-c3cccc(-c4cccc(-c5cc(-c6ccc(C)cc6)cc(-c6ccc(C)cc6)c5)n4)n3)c2)cc1. The fraction of sp³-hybridized carbons (Fsp3) is 0.0800. The number of hydrogen-bond acceptors (Lipinski definition) is 2. The number of hydrogen-bond donors (Lipinski definition) is 0. The molecule has 0 fully saturated rings. The average Bonchev–Trinajstić information content (AvgIpc) is 3.19. The number of nitrogens with zero attached hydrogens (tertiary/aromatic N) is 2. The number of benzene rings is 6. The lowest BCUT2D eigenvalue weighted by molar-refractivity contribution is 1.25. The van der Waals surface area contributed by atoms with Crippen molar-refractivity contribution in [3.63, 3.8) is 0 Å². The van der Waals surface area contributed by atoms with Crippen LogP contribution in [0.15, 0.2) is 170 Å². The molecule has 0 saturated heterocycles. The fourth-order valence-electron chi connectivity index (χ4n) is 6.68. The number of rotatable bonds is 7. The lowest BCUT2D eigenvalue weighted by Crippen LogP contribution is -1.94. The van der Waals surface area contributed by atoms with Gasteiger partial charge in [0.05, 0.1) is 22.8 Å². The Hall–Kier alpha value is -6.38. The Balaban J connectivity index is 1.20. The summed E-state index contributed by atoms with van der Waals surface area (Å²) >= 11 is 0. The normalized spacial score (nSPS) is 11.1. The second-order valence-electron chi connectivity index (χ2n) is 13.9. The molecule has 0 aliphatic heterocycles. The van der Waals surface area contributed by atoms with Crippen LogP contribution in [0.25, 0.3) is 78.4 Å². The summed E-state index contributed by atoms with van der Waals surface area (Å²) in [6, 6.07) is 61.0. The number of aromatic nitrogens is 2. The molecule has 2 heterocycles. The van der Waals surface area contributed by atoms with Crippen LogP contribution >= 0.6 is 0 Å². The van der Waals surface area contributed by atoms with Gasteiger partial charge in [-0.25, -0.2) is 9.97 Å². The molecule has 8 rings (SSSR count). The summed E-state index contributed by atoms with van der Waals surface area (Å²) in [6.07, 6.45) is 0. The molecule has 0 unspecified atom stereocenters. The van der Waals surface area contributed by atoms with E-state index in [-0.39, 0.29) is 0 Å². The molecule has 250 valence electrons. The van der Waals surface area contributed by atoms with E-state index in [2.05, 4.69) is 198 Å². The van der Waals surface area contributed by atoms with Gasteiger partial charge in [-0.05, 0) is 133 Å². The summed E-state index contributed by atoms with van der Waals surface area (Å²) < 4.78 is 0. The Morgan fingerprint density at radius 2 is 0.462 bits per heavy atom. The summed E-state index contributed by atoms with van der Waals surface area (Å²) in [5.74, 6) is 0. The molecule has 0 radical (unpaired) electrons. The Morgan fingerprint density at radius 3 is 0.731 bits per heavy atom. The molecular formula is C50H40N2. The second kappa shape index (κ2) is 14.1. The van der Waals surface area contributed by atoms with Crippen molar-refractivity contribution in [3.05, 3.63) is 192 Å². The quantitative estimate of drug-likeness (QED) is 0.169. The zero-order valence-corrected chi connectivity index (χ0v) is 30.1. The monoisotopic (exact) mass is 668 g/mol. The molecule has 0 spiro atoms. The zero-order valence-electron chi connectivity index (χ0n) is 30.1. The highest BCUT2D eigenvalue weighted by Crippen LogP contribution is 2.35. The van der Waals surface area contributed by atoms with Crippen molar-refractivity contribution in [2.75, 3.05) is 0 Å². The lowest BCUT2D eigenvalue weighted by Gasteiger charge is -2.13. The van der Waals surface area contributed by atoms with Crippen LogP contribution in [0.3, 0.4) is 0 Å². The van der Waals surface area contributed by atoms with E-state index in [1.54, 1.807) is 0 Å². The minimum Gasteiger partial charge on any atom is -0.246 e. The van der Waals surface area contributed by atoms with Gasteiger partial charge in [-0.1, -0.05) is 131 Å². The first-order valence-corrected chi connectivity index (χ1v) is 17.9. The Morgan fingerprint density at radius 1 is 0.231 bits per heavy atom. The van der Waals surface area contributed by atoms with E-state index in [1.807, 2.05) is 0 Å². The zero-order chi connectivity index (χ0) is 35.6. The largest absolute Gasteiger partial charge is 0.246 e. The van der Waals surface area contributed by atoms with Gasteiger partial charge in [0.2, 0.25) is 0 Å². The smallest absolute Gasteiger partial charge is 0.0893 e. The lowest BCUT2D eigenvalue weighted by atomic mass is 9.94. The van der Waals surface area contributed by atoms with Gasteiger partial charge in [-0.2, -0.15) is 0 Å². The van der Waals surface area contributed by atoms with Gasteiger partial charge >= 0.3 is 0 Å². The van der Waals surface area contributed by atoms with E-state index >= 15 is 0 Å². The minimum absolute atomic E-state index is 0.838. The summed E-state index contributed by atoms with van der Waals surface area (Å²) in [4.78, 5) is 10.5. The summed E-state index contributed by atoms with van der Waals surface area (Å²) in [6.45, 7) is 8.50. The summed E-state index contributed by atoms with van der Waals surface area (Å²) in [5, 5.41) is 0. The van der Waals surface area contributed by atoms with Crippen molar-refractivity contribution in [1.82, 2.24) is 9.97 Å². The molecule has 2 heteroatoms. The van der Waals surface area contributed by atoms with Crippen molar-refractivity contribution in [2.45, 2.75) is 27.7 Å². The van der Waals surface area contributed by atoms with E-state index in [4.69, 9.17) is 9.97 Å². The minimum atomic E-state index is 0.838. The van der Waals surface area contributed by atoms with Crippen LogP contribution in [0.5, 0.6) is 0 Å². The fourth-order valence-corrected chi connectivity index (χ4v) is 6.68. The van der Waals surface area contributed by atoms with Crippen LogP contribution in [-0.2, 0) is 0 Å². The molecular weight excluding hydrogens is 629 g/mol. The maximum absolute atomic E-state index is 5.23. The molecule has 8 aromatic rings. The molecule has 6 aromatic carbocycles. The third-order valence-electron chi connectivity index (χ3n) is 9.76. The second-order valence-corrected chi connectivity index (χ2v) is 13.9. The molecule has 0 aliphatic carbocycles. The third kappa shape index (κ3) is 7.10. The van der Waals surface area contributed by atoms with Gasteiger partial charge in [0.25, 0.3) is 0 Å². The van der Waals surface area contributed by atoms with E-state index in [0.29, 0.717) is 0 Å². The Kier molecular flexibility index (Phi) is 8.89. The summed E-state index contributed by atoms with van der Waals surface area (Å²) in [5.41, 5.74) is 20.0. The predicted octanol–water partition coefficient (Wildman–Crippen LogP) is 13.4. The van der Waals surface area contributed by atoms with Gasteiger partial charge in [0.1, 0.15) is 0 Å². The number of aryl methyl sites for hydroxylation is 4. The van der Waals surface area contributed by atoms with E-state index in [1.165, 1.54) is 66.8 Å². The van der Waals surface area contributed by atoms with Crippen molar-refractivity contribution >= 4 is 0 Å². The van der Waals surface area contributed by atoms with Crippen molar-refractivity contribution in [3.8, 4) is 78.4 Å². The third-order valence-corrected chi connectivity index (χ3v) is 9.76. The molecule has 0 aliphatic rings. The standard InChI is InChI=1S/C50H40N2/c1-33-11-19-37(20-12-33)41-27-42(38-21-13-34(2)14-22-38)30-45(29-41)47-7-5-9-49(51-47)50-10-6-8-48(52-50)46-31-43(39-23-15-35(3)16-24-39)28-44(32-46)40-25-17-36(4)18-26-40/h5-32H,1-4H3. The molecule has 0 saturated carbocycles. The Labute approximate surface area is 307 Å². The highest BCUT2D eigenvalue weighted by atomic mass is 14.8. The van der Waals surface area contributed by atoms with Crippen molar-refractivity contribution in [1.29, 1.82) is 0 Å². The van der Waals surface area contributed by atoms with Crippen LogP contribution in [0, 0.1) is 27.7 Å².